The van der Waals surface area contributed by atoms with Gasteiger partial charge in [-0.25, -0.2) is 4.79 Å². The molecule has 116 valence electrons. The van der Waals surface area contributed by atoms with Crippen molar-refractivity contribution in [2.45, 2.75) is 51.7 Å². The second-order valence-electron chi connectivity index (χ2n) is 6.76. The largest absolute Gasteiger partial charge is 0.444 e. The first kappa shape index (κ1) is 15.8. The normalized spacial score (nSPS) is 22.4. The zero-order valence-electron chi connectivity index (χ0n) is 13.3. The predicted molar refractivity (Wildman–Crippen MR) is 82.4 cm³/mol. The summed E-state index contributed by atoms with van der Waals surface area (Å²) >= 11 is 0. The Morgan fingerprint density at radius 2 is 2.05 bits per heavy atom. The number of aliphatic hydroxyl groups excluding tert-OH is 1. The molecule has 1 aromatic carbocycles. The van der Waals surface area contributed by atoms with E-state index in [4.69, 9.17) is 4.74 Å². The Kier molecular flexibility index (Phi) is 4.57. The van der Waals surface area contributed by atoms with Crippen molar-refractivity contribution in [2.75, 3.05) is 13.2 Å². The van der Waals surface area contributed by atoms with E-state index in [2.05, 4.69) is 19.1 Å². The molecule has 4 nitrogen and oxygen atoms in total. The van der Waals surface area contributed by atoms with Crippen molar-refractivity contribution in [1.29, 1.82) is 0 Å². The summed E-state index contributed by atoms with van der Waals surface area (Å²) in [6.45, 7) is 8.22. The van der Waals surface area contributed by atoms with Crippen molar-refractivity contribution in [1.82, 2.24) is 4.90 Å². The summed E-state index contributed by atoms with van der Waals surface area (Å²) in [6.07, 6.45) is 0.443. The van der Waals surface area contributed by atoms with Gasteiger partial charge >= 0.3 is 6.09 Å². The number of likely N-dealkylation sites (tertiary alicyclic amines) is 1. The Balaban J connectivity index is 2.14. The van der Waals surface area contributed by atoms with Crippen molar-refractivity contribution in [3.05, 3.63) is 35.4 Å². The van der Waals surface area contributed by atoms with Crippen LogP contribution in [0.5, 0.6) is 0 Å². The Morgan fingerprint density at radius 1 is 1.38 bits per heavy atom. The fraction of sp³-hybridized carbons (Fsp3) is 0.588. The summed E-state index contributed by atoms with van der Waals surface area (Å²) in [5.74, 6) is 0.260. The number of nitrogens with zero attached hydrogens (tertiary/aromatic N) is 1. The molecule has 1 N–H and O–H groups in total. The average molecular weight is 291 g/mol. The highest BCUT2D eigenvalue weighted by atomic mass is 16.6. The molecule has 4 heteroatoms. The lowest BCUT2D eigenvalue weighted by Gasteiger charge is -2.27. The molecule has 1 aromatic rings. The van der Waals surface area contributed by atoms with E-state index in [1.54, 1.807) is 4.90 Å². The van der Waals surface area contributed by atoms with E-state index in [0.717, 1.165) is 6.42 Å². The highest BCUT2D eigenvalue weighted by Crippen LogP contribution is 2.34. The lowest BCUT2D eigenvalue weighted by Crippen LogP contribution is -2.41. The number of amides is 1. The molecule has 2 atom stereocenters. The van der Waals surface area contributed by atoms with Crippen LogP contribution in [0.15, 0.2) is 24.3 Å². The summed E-state index contributed by atoms with van der Waals surface area (Å²) in [6, 6.07) is 8.06. The summed E-state index contributed by atoms with van der Waals surface area (Å²) in [4.78, 5) is 14.0. The first-order chi connectivity index (χ1) is 9.81. The van der Waals surface area contributed by atoms with Gasteiger partial charge in [0, 0.05) is 12.5 Å². The molecule has 0 unspecified atom stereocenters. The van der Waals surface area contributed by atoms with Crippen molar-refractivity contribution in [2.24, 2.45) is 0 Å². The SMILES string of the molecule is Cc1ccccc1[C@@H]1C[C@@H](CO)N(C(=O)OC(C)(C)C)C1. The molecule has 1 fully saturated rings. The Hall–Kier alpha value is -1.55. The summed E-state index contributed by atoms with van der Waals surface area (Å²) in [7, 11) is 0. The van der Waals surface area contributed by atoms with Crippen molar-refractivity contribution >= 4 is 6.09 Å². The predicted octanol–water partition coefficient (Wildman–Crippen LogP) is 3.08. The topological polar surface area (TPSA) is 49.8 Å². The van der Waals surface area contributed by atoms with Crippen LogP contribution in [-0.4, -0.2) is 40.9 Å². The fourth-order valence-corrected chi connectivity index (χ4v) is 2.90. The van der Waals surface area contributed by atoms with Crippen molar-refractivity contribution in [3.63, 3.8) is 0 Å². The number of hydrogen-bond acceptors (Lipinski definition) is 3. The number of aryl methyl sites for hydroxylation is 1. The van der Waals surface area contributed by atoms with Gasteiger partial charge in [-0.2, -0.15) is 0 Å². The van der Waals surface area contributed by atoms with Crippen LogP contribution in [0.4, 0.5) is 4.79 Å². The minimum absolute atomic E-state index is 0.0262. The first-order valence-corrected chi connectivity index (χ1v) is 7.48. The molecule has 0 radical (unpaired) electrons. The summed E-state index contributed by atoms with van der Waals surface area (Å²) in [5, 5.41) is 9.57. The summed E-state index contributed by atoms with van der Waals surface area (Å²) in [5.41, 5.74) is 1.96. The third-order valence-electron chi connectivity index (χ3n) is 3.88. The molecule has 0 bridgehead atoms. The molecule has 2 rings (SSSR count). The van der Waals surface area contributed by atoms with Gasteiger partial charge < -0.3 is 14.7 Å². The zero-order valence-corrected chi connectivity index (χ0v) is 13.3. The number of hydrogen-bond donors (Lipinski definition) is 1. The average Bonchev–Trinajstić information content (AvgIpc) is 2.81. The van der Waals surface area contributed by atoms with Crippen molar-refractivity contribution in [3.8, 4) is 0 Å². The van der Waals surface area contributed by atoms with Crippen molar-refractivity contribution < 1.29 is 14.6 Å². The van der Waals surface area contributed by atoms with Gasteiger partial charge in [0.1, 0.15) is 5.60 Å². The lowest BCUT2D eigenvalue weighted by molar-refractivity contribution is 0.0174. The lowest BCUT2D eigenvalue weighted by atomic mass is 9.93. The van der Waals surface area contributed by atoms with Crippen LogP contribution >= 0.6 is 0 Å². The maximum absolute atomic E-state index is 12.3. The highest BCUT2D eigenvalue weighted by molar-refractivity contribution is 5.69. The molecule has 1 heterocycles. The van der Waals surface area contributed by atoms with E-state index >= 15 is 0 Å². The number of benzene rings is 1. The molecule has 0 spiro atoms. The van der Waals surface area contributed by atoms with Gasteiger partial charge in [-0.15, -0.1) is 0 Å². The van der Waals surface area contributed by atoms with Crippen LogP contribution in [-0.2, 0) is 4.74 Å². The molecular formula is C17H25NO3. The van der Waals surface area contributed by atoms with Crippen LogP contribution in [0.2, 0.25) is 0 Å². The smallest absolute Gasteiger partial charge is 0.410 e. The molecule has 1 amide bonds. The summed E-state index contributed by atoms with van der Waals surface area (Å²) < 4.78 is 5.44. The molecule has 0 saturated carbocycles. The van der Waals surface area contributed by atoms with Gasteiger partial charge in [-0.3, -0.25) is 0 Å². The standard InChI is InChI=1S/C17H25NO3/c1-12-7-5-6-8-15(12)13-9-14(11-19)18(10-13)16(20)21-17(2,3)4/h5-8,13-14,19H,9-11H2,1-4H3/t13-,14+/m1/s1. The van der Waals surface area contributed by atoms with Crippen LogP contribution in [0, 0.1) is 6.92 Å². The molecule has 1 aliphatic heterocycles. The second kappa shape index (κ2) is 6.06. The van der Waals surface area contributed by atoms with Crippen LogP contribution in [0.3, 0.4) is 0 Å². The molecule has 0 aromatic heterocycles. The van der Waals surface area contributed by atoms with E-state index in [9.17, 15) is 9.90 Å². The third-order valence-corrected chi connectivity index (χ3v) is 3.88. The monoisotopic (exact) mass is 291 g/mol. The Bertz CT molecular complexity index is 507. The molecule has 0 aliphatic carbocycles. The van der Waals surface area contributed by atoms with E-state index in [1.165, 1.54) is 11.1 Å². The number of carbonyl (C=O) groups is 1. The van der Waals surface area contributed by atoms with E-state index in [0.29, 0.717) is 6.54 Å². The molecule has 1 aliphatic rings. The number of ether oxygens (including phenoxy) is 1. The highest BCUT2D eigenvalue weighted by Gasteiger charge is 2.38. The minimum Gasteiger partial charge on any atom is -0.444 e. The van der Waals surface area contributed by atoms with Gasteiger partial charge in [-0.05, 0) is 45.2 Å². The van der Waals surface area contributed by atoms with Gasteiger partial charge in [0.15, 0.2) is 0 Å². The van der Waals surface area contributed by atoms with Crippen LogP contribution < -0.4 is 0 Å². The fourth-order valence-electron chi connectivity index (χ4n) is 2.90. The van der Waals surface area contributed by atoms with E-state index in [-0.39, 0.29) is 24.7 Å². The zero-order chi connectivity index (χ0) is 15.6. The molecule has 21 heavy (non-hydrogen) atoms. The van der Waals surface area contributed by atoms with Crippen LogP contribution in [0.25, 0.3) is 0 Å². The molecule has 1 saturated heterocycles. The van der Waals surface area contributed by atoms with Crippen LogP contribution in [0.1, 0.15) is 44.2 Å². The molecular weight excluding hydrogens is 266 g/mol. The second-order valence-corrected chi connectivity index (χ2v) is 6.76. The van der Waals surface area contributed by atoms with Gasteiger partial charge in [0.25, 0.3) is 0 Å². The number of rotatable bonds is 2. The van der Waals surface area contributed by atoms with Gasteiger partial charge in [0.05, 0.1) is 12.6 Å². The quantitative estimate of drug-likeness (QED) is 0.911. The minimum atomic E-state index is -0.516. The van der Waals surface area contributed by atoms with Gasteiger partial charge in [-0.1, -0.05) is 24.3 Å². The number of carbonyl (C=O) groups excluding carboxylic acids is 1. The number of aliphatic hydroxyl groups is 1. The Morgan fingerprint density at radius 3 is 2.62 bits per heavy atom. The van der Waals surface area contributed by atoms with E-state index < -0.39 is 5.60 Å². The maximum atomic E-state index is 12.3. The maximum Gasteiger partial charge on any atom is 0.410 e. The van der Waals surface area contributed by atoms with E-state index in [1.807, 2.05) is 32.9 Å². The van der Waals surface area contributed by atoms with Gasteiger partial charge in [0.2, 0.25) is 0 Å². The third kappa shape index (κ3) is 3.76. The Labute approximate surface area is 126 Å². The first-order valence-electron chi connectivity index (χ1n) is 7.48.